The zero-order valence-corrected chi connectivity index (χ0v) is 14.9. The molecular formula is C21H23ClN2O. The number of nitrogens with two attached hydrogens (primary N) is 1. The standard InChI is InChI=1S/C21H23ClN2O/c22-19-11-9-17(10-12-19)20(25)16-5-1-14(2-6-16)13-15-3-7-18(8-4-15)21(23)24/h3-4,7-12,14,16H,1-2,5-6,13H2,(H3,23,24). The van der Waals surface area contributed by atoms with E-state index in [0.29, 0.717) is 10.9 Å². The Morgan fingerprint density at radius 2 is 1.52 bits per heavy atom. The molecule has 1 aliphatic rings. The molecule has 3 nitrogen and oxygen atoms in total. The van der Waals surface area contributed by atoms with E-state index in [2.05, 4.69) is 12.1 Å². The number of rotatable bonds is 5. The average Bonchev–Trinajstić information content (AvgIpc) is 2.63. The predicted octanol–water partition coefficient (Wildman–Crippen LogP) is 4.86. The first-order chi connectivity index (χ1) is 12.0. The number of carbonyl (C=O) groups excluding carboxylic acids is 1. The van der Waals surface area contributed by atoms with Gasteiger partial charge in [0.1, 0.15) is 5.84 Å². The van der Waals surface area contributed by atoms with Crippen molar-refractivity contribution in [2.24, 2.45) is 17.6 Å². The minimum absolute atomic E-state index is 0.104. The lowest BCUT2D eigenvalue weighted by atomic mass is 9.76. The molecule has 2 aromatic rings. The third-order valence-corrected chi connectivity index (χ3v) is 5.39. The third kappa shape index (κ3) is 4.49. The molecule has 4 heteroatoms. The van der Waals surface area contributed by atoms with Crippen LogP contribution in [0.1, 0.15) is 47.2 Å². The van der Waals surface area contributed by atoms with Crippen LogP contribution in [0.5, 0.6) is 0 Å². The molecule has 0 aliphatic heterocycles. The van der Waals surface area contributed by atoms with Crippen molar-refractivity contribution in [1.29, 1.82) is 5.41 Å². The molecule has 130 valence electrons. The van der Waals surface area contributed by atoms with Gasteiger partial charge in [-0.2, -0.15) is 0 Å². The van der Waals surface area contributed by atoms with Crippen LogP contribution in [-0.4, -0.2) is 11.6 Å². The number of halogens is 1. The molecule has 0 heterocycles. The van der Waals surface area contributed by atoms with Gasteiger partial charge in [0.2, 0.25) is 0 Å². The molecule has 0 unspecified atom stereocenters. The smallest absolute Gasteiger partial charge is 0.165 e. The fourth-order valence-electron chi connectivity index (χ4n) is 3.63. The summed E-state index contributed by atoms with van der Waals surface area (Å²) in [7, 11) is 0. The zero-order valence-electron chi connectivity index (χ0n) is 14.2. The molecule has 2 aromatic carbocycles. The lowest BCUT2D eigenvalue weighted by Crippen LogP contribution is -2.23. The largest absolute Gasteiger partial charge is 0.384 e. The van der Waals surface area contributed by atoms with Gasteiger partial charge in [-0.05, 0) is 67.9 Å². The van der Waals surface area contributed by atoms with Crippen LogP contribution >= 0.6 is 11.6 Å². The van der Waals surface area contributed by atoms with Gasteiger partial charge in [-0.15, -0.1) is 0 Å². The first-order valence-electron chi connectivity index (χ1n) is 8.76. The summed E-state index contributed by atoms with van der Waals surface area (Å²) in [6.07, 6.45) is 5.10. The molecule has 1 saturated carbocycles. The van der Waals surface area contributed by atoms with E-state index in [1.165, 1.54) is 5.56 Å². The summed E-state index contributed by atoms with van der Waals surface area (Å²) in [5.74, 6) is 1.11. The van der Waals surface area contributed by atoms with Crippen molar-refractivity contribution in [3.8, 4) is 0 Å². The van der Waals surface area contributed by atoms with Crippen LogP contribution in [-0.2, 0) is 6.42 Å². The summed E-state index contributed by atoms with van der Waals surface area (Å²) in [5.41, 5.74) is 8.30. The van der Waals surface area contributed by atoms with Gasteiger partial charge in [-0.3, -0.25) is 10.2 Å². The second kappa shape index (κ2) is 7.83. The number of benzene rings is 2. The molecule has 1 fully saturated rings. The molecule has 0 radical (unpaired) electrons. The van der Waals surface area contributed by atoms with Crippen molar-refractivity contribution < 1.29 is 4.79 Å². The van der Waals surface area contributed by atoms with E-state index in [9.17, 15) is 4.79 Å². The van der Waals surface area contributed by atoms with E-state index in [1.807, 2.05) is 24.3 Å². The molecule has 0 saturated heterocycles. The van der Waals surface area contributed by atoms with E-state index in [1.54, 1.807) is 12.1 Å². The van der Waals surface area contributed by atoms with Gasteiger partial charge in [0.05, 0.1) is 0 Å². The summed E-state index contributed by atoms with van der Waals surface area (Å²) in [5, 5.41) is 8.11. The lowest BCUT2D eigenvalue weighted by molar-refractivity contribution is 0.0872. The predicted molar refractivity (Wildman–Crippen MR) is 102 cm³/mol. The van der Waals surface area contributed by atoms with Crippen LogP contribution in [0.25, 0.3) is 0 Å². The molecule has 25 heavy (non-hydrogen) atoms. The molecule has 3 N–H and O–H groups in total. The fourth-order valence-corrected chi connectivity index (χ4v) is 3.76. The number of hydrogen-bond donors (Lipinski definition) is 2. The Labute approximate surface area is 153 Å². The number of carbonyl (C=O) groups is 1. The highest BCUT2D eigenvalue weighted by Crippen LogP contribution is 2.33. The monoisotopic (exact) mass is 354 g/mol. The minimum Gasteiger partial charge on any atom is -0.384 e. The van der Waals surface area contributed by atoms with Crippen molar-refractivity contribution in [3.05, 3.63) is 70.2 Å². The summed E-state index contributed by atoms with van der Waals surface area (Å²) in [6, 6.07) is 15.2. The highest BCUT2D eigenvalue weighted by atomic mass is 35.5. The van der Waals surface area contributed by atoms with Crippen molar-refractivity contribution in [1.82, 2.24) is 0 Å². The Balaban J connectivity index is 1.53. The highest BCUT2D eigenvalue weighted by Gasteiger charge is 2.27. The summed E-state index contributed by atoms with van der Waals surface area (Å²) in [4.78, 5) is 12.6. The Morgan fingerprint density at radius 3 is 2.08 bits per heavy atom. The second-order valence-electron chi connectivity index (χ2n) is 6.90. The van der Waals surface area contributed by atoms with Crippen molar-refractivity contribution in [2.75, 3.05) is 0 Å². The van der Waals surface area contributed by atoms with Crippen LogP contribution in [0.3, 0.4) is 0 Å². The topological polar surface area (TPSA) is 66.9 Å². The summed E-state index contributed by atoms with van der Waals surface area (Å²) >= 11 is 5.90. The fraction of sp³-hybridized carbons (Fsp3) is 0.333. The molecule has 1 aliphatic carbocycles. The second-order valence-corrected chi connectivity index (χ2v) is 7.34. The maximum Gasteiger partial charge on any atom is 0.165 e. The Kier molecular flexibility index (Phi) is 5.54. The molecule has 0 bridgehead atoms. The number of nitrogen functional groups attached to an aromatic ring is 1. The average molecular weight is 355 g/mol. The quantitative estimate of drug-likeness (QED) is 0.457. The summed E-state index contributed by atoms with van der Waals surface area (Å²) < 4.78 is 0. The molecule has 0 amide bonds. The Hall–Kier alpha value is -2.13. The summed E-state index contributed by atoms with van der Waals surface area (Å²) in [6.45, 7) is 0. The normalized spacial score (nSPS) is 20.2. The van der Waals surface area contributed by atoms with Gasteiger partial charge >= 0.3 is 0 Å². The van der Waals surface area contributed by atoms with Gasteiger partial charge in [0, 0.05) is 22.1 Å². The lowest BCUT2D eigenvalue weighted by Gasteiger charge is -2.28. The Morgan fingerprint density at radius 1 is 0.960 bits per heavy atom. The SMILES string of the molecule is N=C(N)c1ccc(CC2CCC(C(=O)c3ccc(Cl)cc3)CC2)cc1. The van der Waals surface area contributed by atoms with Crippen molar-refractivity contribution in [3.63, 3.8) is 0 Å². The van der Waals surface area contributed by atoms with E-state index in [0.717, 1.165) is 43.2 Å². The van der Waals surface area contributed by atoms with E-state index in [4.69, 9.17) is 22.7 Å². The van der Waals surface area contributed by atoms with Crippen LogP contribution in [0.15, 0.2) is 48.5 Å². The number of ketones is 1. The molecule has 0 spiro atoms. The van der Waals surface area contributed by atoms with E-state index in [-0.39, 0.29) is 17.5 Å². The maximum absolute atomic E-state index is 12.6. The number of nitrogens with one attached hydrogen (secondary N) is 1. The van der Waals surface area contributed by atoms with Crippen LogP contribution in [0, 0.1) is 17.2 Å². The maximum atomic E-state index is 12.6. The highest BCUT2D eigenvalue weighted by molar-refractivity contribution is 6.30. The third-order valence-electron chi connectivity index (χ3n) is 5.14. The van der Waals surface area contributed by atoms with E-state index >= 15 is 0 Å². The number of Topliss-reactive ketones (excluding diaryl/α,β-unsaturated/α-hetero) is 1. The van der Waals surface area contributed by atoms with Gasteiger partial charge in [0.15, 0.2) is 5.78 Å². The van der Waals surface area contributed by atoms with E-state index < -0.39 is 0 Å². The van der Waals surface area contributed by atoms with Gasteiger partial charge in [-0.25, -0.2) is 0 Å². The van der Waals surface area contributed by atoms with Gasteiger partial charge in [-0.1, -0.05) is 35.9 Å². The van der Waals surface area contributed by atoms with Crippen LogP contribution in [0.4, 0.5) is 0 Å². The van der Waals surface area contributed by atoms with Crippen molar-refractivity contribution >= 4 is 23.2 Å². The Bertz CT molecular complexity index is 744. The number of amidine groups is 1. The van der Waals surface area contributed by atoms with Gasteiger partial charge in [0.25, 0.3) is 0 Å². The van der Waals surface area contributed by atoms with Crippen LogP contribution in [0.2, 0.25) is 5.02 Å². The zero-order chi connectivity index (χ0) is 17.8. The first-order valence-corrected chi connectivity index (χ1v) is 9.14. The van der Waals surface area contributed by atoms with Gasteiger partial charge < -0.3 is 5.73 Å². The van der Waals surface area contributed by atoms with Crippen molar-refractivity contribution in [2.45, 2.75) is 32.1 Å². The molecular weight excluding hydrogens is 332 g/mol. The first kappa shape index (κ1) is 17.7. The number of hydrogen-bond acceptors (Lipinski definition) is 2. The minimum atomic E-state index is 0.104. The molecule has 0 aromatic heterocycles. The van der Waals surface area contributed by atoms with Crippen LogP contribution < -0.4 is 5.73 Å². The molecule has 3 rings (SSSR count). The molecule has 0 atom stereocenters.